The lowest BCUT2D eigenvalue weighted by Crippen LogP contribution is -2.23. The van der Waals surface area contributed by atoms with E-state index in [2.05, 4.69) is 26.0 Å². The van der Waals surface area contributed by atoms with Gasteiger partial charge in [-0.05, 0) is 37.5 Å². The van der Waals surface area contributed by atoms with Crippen molar-refractivity contribution >= 4 is 10.8 Å². The van der Waals surface area contributed by atoms with Crippen LogP contribution >= 0.6 is 0 Å². The Hall–Kier alpha value is -0.670. The van der Waals surface area contributed by atoms with Crippen molar-refractivity contribution in [3.05, 3.63) is 34.9 Å². The highest BCUT2D eigenvalue weighted by molar-refractivity contribution is 7.84. The van der Waals surface area contributed by atoms with Crippen molar-refractivity contribution in [2.24, 2.45) is 5.73 Å². The van der Waals surface area contributed by atoms with Crippen molar-refractivity contribution in [1.82, 2.24) is 0 Å². The molecule has 0 bridgehead atoms. The first-order valence-electron chi connectivity index (χ1n) is 5.15. The maximum absolute atomic E-state index is 11.7. The summed E-state index contributed by atoms with van der Waals surface area (Å²) in [6, 6.07) is 6.24. The maximum atomic E-state index is 11.7. The van der Waals surface area contributed by atoms with Crippen molar-refractivity contribution in [2.75, 3.05) is 5.75 Å². The van der Waals surface area contributed by atoms with Crippen molar-refractivity contribution in [3.63, 3.8) is 0 Å². The second-order valence-electron chi connectivity index (χ2n) is 4.15. The quantitative estimate of drug-likeness (QED) is 0.850. The van der Waals surface area contributed by atoms with Crippen LogP contribution in [0, 0.1) is 13.8 Å². The van der Waals surface area contributed by atoms with E-state index in [0.717, 1.165) is 5.56 Å². The summed E-state index contributed by atoms with van der Waals surface area (Å²) < 4.78 is 11.7. The molecule has 1 aromatic rings. The predicted octanol–water partition coefficient (Wildman–Crippen LogP) is 1.90. The Bertz CT molecular complexity index is 361. The molecule has 0 aliphatic carbocycles. The van der Waals surface area contributed by atoms with Crippen molar-refractivity contribution in [3.8, 4) is 0 Å². The normalized spacial score (nSPS) is 14.9. The molecule has 2 atom stereocenters. The smallest absolute Gasteiger partial charge is 0.0486 e. The molecule has 15 heavy (non-hydrogen) atoms. The van der Waals surface area contributed by atoms with Crippen molar-refractivity contribution in [1.29, 1.82) is 0 Å². The highest BCUT2D eigenvalue weighted by Crippen LogP contribution is 2.11. The van der Waals surface area contributed by atoms with E-state index < -0.39 is 10.8 Å². The molecule has 84 valence electrons. The summed E-state index contributed by atoms with van der Waals surface area (Å²) >= 11 is 0. The van der Waals surface area contributed by atoms with E-state index >= 15 is 0 Å². The monoisotopic (exact) mass is 225 g/mol. The lowest BCUT2D eigenvalue weighted by Gasteiger charge is -2.07. The molecule has 2 nitrogen and oxygen atoms in total. The number of nitrogens with two attached hydrogens (primary N) is 1. The molecule has 0 aliphatic heterocycles. The molecule has 0 heterocycles. The molecule has 1 aromatic carbocycles. The zero-order valence-corrected chi connectivity index (χ0v) is 10.4. The van der Waals surface area contributed by atoms with Crippen LogP contribution in [0.3, 0.4) is 0 Å². The van der Waals surface area contributed by atoms with Crippen LogP contribution in [0.15, 0.2) is 18.2 Å². The van der Waals surface area contributed by atoms with Crippen LogP contribution in [0.25, 0.3) is 0 Å². The Kier molecular flexibility index (Phi) is 4.48. The number of hydrogen-bond donors (Lipinski definition) is 1. The molecule has 0 radical (unpaired) electrons. The van der Waals surface area contributed by atoms with Crippen LogP contribution in [-0.4, -0.2) is 16.0 Å². The average Bonchev–Trinajstić information content (AvgIpc) is 2.10. The van der Waals surface area contributed by atoms with Gasteiger partial charge in [-0.15, -0.1) is 0 Å². The molecule has 0 saturated carbocycles. The van der Waals surface area contributed by atoms with E-state index in [1.807, 2.05) is 13.0 Å². The molecule has 1 rings (SSSR count). The second-order valence-corrected chi connectivity index (χ2v) is 5.65. The number of rotatable bonds is 4. The average molecular weight is 225 g/mol. The Morgan fingerprint density at radius 1 is 1.33 bits per heavy atom. The fraction of sp³-hybridized carbons (Fsp3) is 0.500. The Balaban J connectivity index is 2.65. The lowest BCUT2D eigenvalue weighted by molar-refractivity contribution is 0.676. The van der Waals surface area contributed by atoms with E-state index in [0.29, 0.717) is 11.5 Å². The molecule has 0 saturated heterocycles. The third-order valence-corrected chi connectivity index (χ3v) is 3.90. The number of hydrogen-bond acceptors (Lipinski definition) is 2. The van der Waals surface area contributed by atoms with Crippen LogP contribution in [0.2, 0.25) is 0 Å². The molecule has 2 unspecified atom stereocenters. The first-order valence-corrected chi connectivity index (χ1v) is 6.64. The zero-order valence-electron chi connectivity index (χ0n) is 9.62. The van der Waals surface area contributed by atoms with Crippen LogP contribution < -0.4 is 5.73 Å². The van der Waals surface area contributed by atoms with Crippen LogP contribution in [0.5, 0.6) is 0 Å². The van der Waals surface area contributed by atoms with Crippen LogP contribution in [-0.2, 0) is 16.6 Å². The van der Waals surface area contributed by atoms with Gasteiger partial charge in [-0.1, -0.05) is 18.2 Å². The minimum atomic E-state index is -0.841. The molecular weight excluding hydrogens is 206 g/mol. The standard InChI is InChI=1S/C12H19NOS/c1-9-4-5-12(6-10(9)2)8-15(14)7-11(3)13/h4-6,11H,7-8,13H2,1-3H3. The Morgan fingerprint density at radius 3 is 2.53 bits per heavy atom. The molecular formula is C12H19NOS. The fourth-order valence-corrected chi connectivity index (χ4v) is 2.69. The van der Waals surface area contributed by atoms with Gasteiger partial charge in [0, 0.05) is 28.3 Å². The van der Waals surface area contributed by atoms with Gasteiger partial charge in [-0.25, -0.2) is 0 Å². The van der Waals surface area contributed by atoms with Crippen molar-refractivity contribution < 1.29 is 4.21 Å². The first kappa shape index (κ1) is 12.4. The van der Waals surface area contributed by atoms with E-state index in [9.17, 15) is 4.21 Å². The Labute approximate surface area is 94.3 Å². The Morgan fingerprint density at radius 2 is 2.00 bits per heavy atom. The summed E-state index contributed by atoms with van der Waals surface area (Å²) in [5, 5.41) is 0. The summed E-state index contributed by atoms with van der Waals surface area (Å²) in [5.74, 6) is 1.19. The van der Waals surface area contributed by atoms with Crippen LogP contribution in [0.1, 0.15) is 23.6 Å². The molecule has 0 aliphatic rings. The molecule has 3 heteroatoms. The third-order valence-electron chi connectivity index (χ3n) is 2.35. The molecule has 0 aromatic heterocycles. The molecule has 0 amide bonds. The summed E-state index contributed by atoms with van der Waals surface area (Å²) in [6.07, 6.45) is 0. The highest BCUT2D eigenvalue weighted by Gasteiger charge is 2.05. The number of aryl methyl sites for hydroxylation is 2. The van der Waals surface area contributed by atoms with Gasteiger partial charge in [0.05, 0.1) is 0 Å². The topological polar surface area (TPSA) is 43.1 Å². The number of benzene rings is 1. The molecule has 2 N–H and O–H groups in total. The third kappa shape index (κ3) is 4.14. The van der Waals surface area contributed by atoms with E-state index in [-0.39, 0.29) is 6.04 Å². The lowest BCUT2D eigenvalue weighted by atomic mass is 10.1. The summed E-state index contributed by atoms with van der Waals surface area (Å²) in [5.41, 5.74) is 9.27. The van der Waals surface area contributed by atoms with Gasteiger partial charge in [0.2, 0.25) is 0 Å². The fourth-order valence-electron chi connectivity index (χ4n) is 1.43. The molecule has 0 fully saturated rings. The van der Waals surface area contributed by atoms with Gasteiger partial charge in [-0.3, -0.25) is 4.21 Å². The maximum Gasteiger partial charge on any atom is 0.0486 e. The molecule has 0 spiro atoms. The summed E-state index contributed by atoms with van der Waals surface area (Å²) in [7, 11) is -0.841. The van der Waals surface area contributed by atoms with Gasteiger partial charge < -0.3 is 5.73 Å². The minimum Gasteiger partial charge on any atom is -0.327 e. The van der Waals surface area contributed by atoms with Gasteiger partial charge in [-0.2, -0.15) is 0 Å². The van der Waals surface area contributed by atoms with E-state index in [1.54, 1.807) is 0 Å². The SMILES string of the molecule is Cc1ccc(CS(=O)CC(C)N)cc1C. The zero-order chi connectivity index (χ0) is 11.4. The van der Waals surface area contributed by atoms with Gasteiger partial charge in [0.15, 0.2) is 0 Å². The van der Waals surface area contributed by atoms with Crippen molar-refractivity contribution in [2.45, 2.75) is 32.6 Å². The highest BCUT2D eigenvalue weighted by atomic mass is 32.2. The minimum absolute atomic E-state index is 0.0115. The van der Waals surface area contributed by atoms with Crippen LogP contribution in [0.4, 0.5) is 0 Å². The van der Waals surface area contributed by atoms with Gasteiger partial charge in [0.25, 0.3) is 0 Å². The van der Waals surface area contributed by atoms with Gasteiger partial charge in [0.1, 0.15) is 0 Å². The van der Waals surface area contributed by atoms with Gasteiger partial charge >= 0.3 is 0 Å². The summed E-state index contributed by atoms with van der Waals surface area (Å²) in [4.78, 5) is 0. The van der Waals surface area contributed by atoms with E-state index in [4.69, 9.17) is 5.73 Å². The first-order chi connectivity index (χ1) is 6.99. The second kappa shape index (κ2) is 5.42. The predicted molar refractivity (Wildman–Crippen MR) is 66.3 cm³/mol. The summed E-state index contributed by atoms with van der Waals surface area (Å²) in [6.45, 7) is 6.05. The van der Waals surface area contributed by atoms with E-state index in [1.165, 1.54) is 11.1 Å². The largest absolute Gasteiger partial charge is 0.327 e.